The predicted octanol–water partition coefficient (Wildman–Crippen LogP) is 3.07. The van der Waals surface area contributed by atoms with Gasteiger partial charge < -0.3 is 10.4 Å². The maximum Gasteiger partial charge on any atom is 0.416 e. The first kappa shape index (κ1) is 20.0. The fraction of sp³-hybridized carbons (Fsp3) is 0.467. The first-order valence-electron chi connectivity index (χ1n) is 7.41. The van der Waals surface area contributed by atoms with Crippen LogP contribution in [0.1, 0.15) is 17.5 Å². The number of carboxylic acid groups (broad SMARTS) is 1. The third kappa shape index (κ3) is 5.10. The van der Waals surface area contributed by atoms with Gasteiger partial charge in [0.1, 0.15) is 0 Å². The van der Waals surface area contributed by atoms with Crippen molar-refractivity contribution < 1.29 is 41.0 Å². The molecule has 1 saturated heterocycles. The molecule has 0 radical (unpaired) electrons. The molecule has 1 fully saturated rings. The second kappa shape index (κ2) is 7.14. The number of likely N-dealkylation sites (tertiary alicyclic amines) is 1. The summed E-state index contributed by atoms with van der Waals surface area (Å²) in [5, 5.41) is 10.9. The van der Waals surface area contributed by atoms with E-state index in [9.17, 15) is 35.9 Å². The highest BCUT2D eigenvalue weighted by atomic mass is 19.4. The Balaban J connectivity index is 2.13. The number of carbonyl (C=O) groups is 2. The second-order valence-electron chi connectivity index (χ2n) is 5.90. The quantitative estimate of drug-likeness (QED) is 0.783. The molecule has 0 saturated carbocycles. The molecule has 1 heterocycles. The molecule has 5 nitrogen and oxygen atoms in total. The molecule has 1 aliphatic rings. The number of hydrogen-bond donors (Lipinski definition) is 2. The number of halogens is 6. The van der Waals surface area contributed by atoms with E-state index in [-0.39, 0.29) is 19.2 Å². The minimum atomic E-state index is -5.01. The van der Waals surface area contributed by atoms with E-state index in [2.05, 4.69) is 0 Å². The molecule has 2 rings (SSSR count). The van der Waals surface area contributed by atoms with Crippen LogP contribution in [-0.2, 0) is 21.9 Å². The average Bonchev–Trinajstić information content (AvgIpc) is 2.93. The van der Waals surface area contributed by atoms with Crippen LogP contribution in [0.15, 0.2) is 18.2 Å². The molecule has 1 amide bonds. The van der Waals surface area contributed by atoms with E-state index in [1.165, 1.54) is 4.90 Å². The van der Waals surface area contributed by atoms with Gasteiger partial charge in [0.25, 0.3) is 0 Å². The number of rotatable bonds is 4. The minimum absolute atomic E-state index is 0.0341. The molecule has 0 spiro atoms. The van der Waals surface area contributed by atoms with Gasteiger partial charge in [0, 0.05) is 12.2 Å². The molecule has 144 valence electrons. The van der Waals surface area contributed by atoms with E-state index in [0.717, 1.165) is 0 Å². The van der Waals surface area contributed by atoms with Crippen LogP contribution in [0.4, 0.5) is 32.0 Å². The molecule has 1 unspecified atom stereocenters. The lowest BCUT2D eigenvalue weighted by Gasteiger charge is -2.17. The van der Waals surface area contributed by atoms with Crippen molar-refractivity contribution in [2.45, 2.75) is 18.8 Å². The highest BCUT2D eigenvalue weighted by Crippen LogP contribution is 2.37. The van der Waals surface area contributed by atoms with Crippen molar-refractivity contribution >= 4 is 17.6 Å². The van der Waals surface area contributed by atoms with Crippen molar-refractivity contribution in [2.75, 3.05) is 25.0 Å². The van der Waals surface area contributed by atoms with Crippen LogP contribution >= 0.6 is 0 Å². The second-order valence-corrected chi connectivity index (χ2v) is 5.90. The number of carboxylic acids is 1. The van der Waals surface area contributed by atoms with Gasteiger partial charge in [0.05, 0.1) is 23.6 Å². The summed E-state index contributed by atoms with van der Waals surface area (Å²) in [6.45, 7) is 0.0430. The van der Waals surface area contributed by atoms with Gasteiger partial charge in [-0.2, -0.15) is 26.3 Å². The van der Waals surface area contributed by atoms with Gasteiger partial charge in [-0.25, -0.2) is 0 Å². The fourth-order valence-electron chi connectivity index (χ4n) is 2.61. The Morgan fingerprint density at radius 3 is 2.04 bits per heavy atom. The van der Waals surface area contributed by atoms with Gasteiger partial charge in [0.2, 0.25) is 5.91 Å². The lowest BCUT2D eigenvalue weighted by Crippen LogP contribution is -2.32. The van der Waals surface area contributed by atoms with Crippen molar-refractivity contribution in [2.24, 2.45) is 5.92 Å². The van der Waals surface area contributed by atoms with Gasteiger partial charge in [-0.1, -0.05) is 0 Å². The molecule has 0 aromatic heterocycles. The van der Waals surface area contributed by atoms with Gasteiger partial charge in [0.15, 0.2) is 0 Å². The van der Waals surface area contributed by atoms with Crippen LogP contribution in [0.3, 0.4) is 0 Å². The van der Waals surface area contributed by atoms with Crippen molar-refractivity contribution in [3.63, 3.8) is 0 Å². The summed E-state index contributed by atoms with van der Waals surface area (Å²) in [7, 11) is 0. The highest BCUT2D eigenvalue weighted by molar-refractivity contribution is 5.92. The minimum Gasteiger partial charge on any atom is -0.481 e. The number of anilines is 1. The number of amides is 1. The number of alkyl halides is 6. The lowest BCUT2D eigenvalue weighted by atomic mass is 10.1. The summed E-state index contributed by atoms with van der Waals surface area (Å²) in [6.07, 6.45) is -9.71. The van der Waals surface area contributed by atoms with Gasteiger partial charge in [-0.05, 0) is 31.2 Å². The Labute approximate surface area is 143 Å². The molecule has 0 bridgehead atoms. The molecule has 26 heavy (non-hydrogen) atoms. The van der Waals surface area contributed by atoms with Crippen LogP contribution in [0.2, 0.25) is 0 Å². The average molecular weight is 384 g/mol. The van der Waals surface area contributed by atoms with E-state index < -0.39 is 47.0 Å². The van der Waals surface area contributed by atoms with Crippen molar-refractivity contribution in [1.29, 1.82) is 0 Å². The van der Waals surface area contributed by atoms with E-state index >= 15 is 0 Å². The molecule has 2 N–H and O–H groups in total. The summed E-state index contributed by atoms with van der Waals surface area (Å²) < 4.78 is 76.7. The summed E-state index contributed by atoms with van der Waals surface area (Å²) in [6, 6.07) is 0.794. The number of benzene rings is 1. The van der Waals surface area contributed by atoms with E-state index in [4.69, 9.17) is 5.11 Å². The smallest absolute Gasteiger partial charge is 0.416 e. The van der Waals surface area contributed by atoms with E-state index in [0.29, 0.717) is 25.1 Å². The SMILES string of the molecule is O=C(CN1CCC(C(=O)O)C1)Nc1cc(C(F)(F)F)cc(C(F)(F)F)c1. The fourth-order valence-corrected chi connectivity index (χ4v) is 2.61. The Morgan fingerprint density at radius 2 is 1.62 bits per heavy atom. The van der Waals surface area contributed by atoms with Crippen molar-refractivity contribution in [3.05, 3.63) is 29.3 Å². The van der Waals surface area contributed by atoms with E-state index in [1.54, 1.807) is 0 Å². The number of nitrogens with one attached hydrogen (secondary N) is 1. The molecule has 0 aliphatic carbocycles. The molecular weight excluding hydrogens is 370 g/mol. The third-order valence-corrected chi connectivity index (χ3v) is 3.86. The zero-order valence-corrected chi connectivity index (χ0v) is 13.1. The Hall–Kier alpha value is -2.30. The van der Waals surface area contributed by atoms with Crippen LogP contribution in [-0.4, -0.2) is 41.5 Å². The molecule has 1 aliphatic heterocycles. The van der Waals surface area contributed by atoms with Crippen molar-refractivity contribution in [3.8, 4) is 0 Å². The number of nitrogens with zero attached hydrogens (tertiary/aromatic N) is 1. The number of carbonyl (C=O) groups excluding carboxylic acids is 1. The molecule has 11 heteroatoms. The molecule has 1 aromatic rings. The van der Waals surface area contributed by atoms with Crippen LogP contribution < -0.4 is 5.32 Å². The standard InChI is InChI=1S/C15H14F6N2O3/c16-14(17,18)9-3-10(15(19,20)21)5-11(4-9)22-12(24)7-23-2-1-8(6-23)13(25)26/h3-5,8H,1-2,6-7H2,(H,22,24)(H,25,26). The van der Waals surface area contributed by atoms with Gasteiger partial charge in [-0.15, -0.1) is 0 Å². The summed E-state index contributed by atoms with van der Waals surface area (Å²) in [4.78, 5) is 24.2. The Kier molecular flexibility index (Phi) is 5.49. The predicted molar refractivity (Wildman–Crippen MR) is 77.3 cm³/mol. The molecule has 1 aromatic carbocycles. The monoisotopic (exact) mass is 384 g/mol. The Morgan fingerprint density at radius 1 is 1.08 bits per heavy atom. The topological polar surface area (TPSA) is 69.6 Å². The first-order valence-corrected chi connectivity index (χ1v) is 7.41. The van der Waals surface area contributed by atoms with Crippen molar-refractivity contribution in [1.82, 2.24) is 4.90 Å². The van der Waals surface area contributed by atoms with Gasteiger partial charge >= 0.3 is 18.3 Å². The maximum atomic E-state index is 12.8. The highest BCUT2D eigenvalue weighted by Gasteiger charge is 2.37. The summed E-state index contributed by atoms with van der Waals surface area (Å²) in [5.41, 5.74) is -3.70. The maximum absolute atomic E-state index is 12.8. The number of aliphatic carboxylic acids is 1. The van der Waals surface area contributed by atoms with Gasteiger partial charge in [-0.3, -0.25) is 14.5 Å². The third-order valence-electron chi connectivity index (χ3n) is 3.86. The first-order chi connectivity index (χ1) is 11.9. The largest absolute Gasteiger partial charge is 0.481 e. The van der Waals surface area contributed by atoms with Crippen LogP contribution in [0.25, 0.3) is 0 Å². The lowest BCUT2D eigenvalue weighted by molar-refractivity contribution is -0.143. The zero-order chi connectivity index (χ0) is 19.7. The summed E-state index contributed by atoms with van der Waals surface area (Å²) in [5.74, 6) is -2.52. The number of hydrogen-bond acceptors (Lipinski definition) is 3. The molecule has 1 atom stereocenters. The molecular formula is C15H14F6N2O3. The van der Waals surface area contributed by atoms with E-state index in [1.807, 2.05) is 5.32 Å². The summed E-state index contributed by atoms with van der Waals surface area (Å²) >= 11 is 0. The van der Waals surface area contributed by atoms with Crippen LogP contribution in [0.5, 0.6) is 0 Å². The zero-order valence-electron chi connectivity index (χ0n) is 13.1. The Bertz CT molecular complexity index is 669. The normalized spacial score (nSPS) is 18.8. The van der Waals surface area contributed by atoms with Crippen LogP contribution in [0, 0.1) is 5.92 Å².